The van der Waals surface area contributed by atoms with Crippen LogP contribution in [0.4, 0.5) is 5.82 Å². The number of carbonyl (C=O) groups is 2. The number of aryl methyl sites for hydroxylation is 1. The molecule has 0 saturated carbocycles. The Balaban J connectivity index is 1.66. The van der Waals surface area contributed by atoms with E-state index in [1.165, 1.54) is 11.3 Å². The molecule has 1 aromatic carbocycles. The quantitative estimate of drug-likeness (QED) is 0.510. The number of esters is 2. The minimum atomic E-state index is -0.565. The third kappa shape index (κ3) is 5.01. The number of nitrogens with two attached hydrogens (primary N) is 1. The predicted octanol–water partition coefficient (Wildman–Crippen LogP) is 3.64. The number of thiophene rings is 1. The fourth-order valence-electron chi connectivity index (χ4n) is 2.53. The zero-order valence-electron chi connectivity index (χ0n) is 15.7. The lowest BCUT2D eigenvalue weighted by Gasteiger charge is -2.07. The number of rotatable bonds is 7. The molecule has 2 N–H and O–H groups in total. The van der Waals surface area contributed by atoms with Crippen molar-refractivity contribution in [3.05, 3.63) is 45.0 Å². The number of fused-ring (bicyclic) bond motifs is 1. The first-order valence-electron chi connectivity index (χ1n) is 8.65. The number of hydrogen-bond acceptors (Lipinski definition) is 9. The Labute approximate surface area is 179 Å². The third-order valence-electron chi connectivity index (χ3n) is 3.86. The minimum Gasteiger partial charge on any atom is -0.482 e. The van der Waals surface area contributed by atoms with Crippen LogP contribution in [-0.4, -0.2) is 35.1 Å². The maximum absolute atomic E-state index is 12.1. The van der Waals surface area contributed by atoms with Crippen LogP contribution in [0.2, 0.25) is 0 Å². The van der Waals surface area contributed by atoms with E-state index in [9.17, 15) is 9.59 Å². The molecule has 2 aromatic heterocycles. The van der Waals surface area contributed by atoms with E-state index in [0.29, 0.717) is 26.4 Å². The average molecular weight is 480 g/mol. The molecule has 0 aliphatic heterocycles. The van der Waals surface area contributed by atoms with Crippen LogP contribution in [0, 0.1) is 6.92 Å². The summed E-state index contributed by atoms with van der Waals surface area (Å²) in [5.74, 6) is 0.0166. The fraction of sp³-hybridized carbons (Fsp3) is 0.263. The standard InChI is InChI=1S/C19H18BrN3O5S/c1-3-26-19(25)16-10(2)15-17(21)22-13(23-18(15)29-16)8-28-14(24)9-27-12-6-4-11(20)5-7-12/h4-7H,3,8-9H2,1-2H3,(H2,21,22,23). The van der Waals surface area contributed by atoms with Gasteiger partial charge in [-0.25, -0.2) is 19.6 Å². The van der Waals surface area contributed by atoms with Crippen molar-refractivity contribution < 1.29 is 23.8 Å². The Morgan fingerprint density at radius 2 is 1.90 bits per heavy atom. The number of benzene rings is 1. The first-order chi connectivity index (χ1) is 13.9. The first-order valence-corrected chi connectivity index (χ1v) is 10.3. The average Bonchev–Trinajstić information content (AvgIpc) is 3.03. The number of ether oxygens (including phenoxy) is 3. The van der Waals surface area contributed by atoms with Gasteiger partial charge in [0.25, 0.3) is 0 Å². The third-order valence-corrected chi connectivity index (χ3v) is 5.55. The number of hydrogen-bond donors (Lipinski definition) is 1. The van der Waals surface area contributed by atoms with E-state index in [-0.39, 0.29) is 31.5 Å². The summed E-state index contributed by atoms with van der Waals surface area (Å²) in [6, 6.07) is 7.07. The van der Waals surface area contributed by atoms with E-state index in [1.807, 2.05) is 0 Å². The molecule has 0 atom stereocenters. The topological polar surface area (TPSA) is 114 Å². The number of anilines is 1. The molecule has 3 aromatic rings. The van der Waals surface area contributed by atoms with Gasteiger partial charge in [-0.3, -0.25) is 0 Å². The monoisotopic (exact) mass is 479 g/mol. The van der Waals surface area contributed by atoms with Crippen LogP contribution in [0.5, 0.6) is 5.75 Å². The molecular weight excluding hydrogens is 462 g/mol. The lowest BCUT2D eigenvalue weighted by molar-refractivity contribution is -0.147. The molecular formula is C19H18BrN3O5S. The van der Waals surface area contributed by atoms with Gasteiger partial charge in [0.15, 0.2) is 19.0 Å². The zero-order chi connectivity index (χ0) is 21.0. The van der Waals surface area contributed by atoms with E-state index in [4.69, 9.17) is 19.9 Å². The molecule has 0 fully saturated rings. The van der Waals surface area contributed by atoms with E-state index >= 15 is 0 Å². The van der Waals surface area contributed by atoms with Crippen LogP contribution in [0.3, 0.4) is 0 Å². The zero-order valence-corrected chi connectivity index (χ0v) is 18.1. The second-order valence-corrected chi connectivity index (χ2v) is 7.80. The minimum absolute atomic E-state index is 0.158. The SMILES string of the molecule is CCOC(=O)c1sc2nc(COC(=O)COc3ccc(Br)cc3)nc(N)c2c1C. The van der Waals surface area contributed by atoms with Crippen molar-refractivity contribution in [1.29, 1.82) is 0 Å². The Kier molecular flexibility index (Phi) is 6.65. The number of halogens is 1. The molecule has 10 heteroatoms. The van der Waals surface area contributed by atoms with Crippen LogP contribution < -0.4 is 10.5 Å². The molecule has 0 aliphatic carbocycles. The molecule has 0 bridgehead atoms. The maximum Gasteiger partial charge on any atom is 0.348 e. The van der Waals surface area contributed by atoms with Crippen molar-refractivity contribution in [2.45, 2.75) is 20.5 Å². The summed E-state index contributed by atoms with van der Waals surface area (Å²) in [5, 5.41) is 0.603. The van der Waals surface area contributed by atoms with Crippen molar-refractivity contribution in [3.8, 4) is 5.75 Å². The Bertz CT molecular complexity index is 1050. The molecule has 0 spiro atoms. The summed E-state index contributed by atoms with van der Waals surface area (Å²) in [7, 11) is 0. The normalized spacial score (nSPS) is 10.7. The van der Waals surface area contributed by atoms with Gasteiger partial charge in [0, 0.05) is 4.47 Å². The van der Waals surface area contributed by atoms with Gasteiger partial charge in [-0.15, -0.1) is 11.3 Å². The maximum atomic E-state index is 12.1. The lowest BCUT2D eigenvalue weighted by Crippen LogP contribution is -2.15. The summed E-state index contributed by atoms with van der Waals surface area (Å²) in [6.07, 6.45) is 0. The van der Waals surface area contributed by atoms with Gasteiger partial charge in [-0.1, -0.05) is 15.9 Å². The molecule has 29 heavy (non-hydrogen) atoms. The van der Waals surface area contributed by atoms with Crippen LogP contribution in [0.15, 0.2) is 28.7 Å². The summed E-state index contributed by atoms with van der Waals surface area (Å²) in [6.45, 7) is 3.38. The summed E-state index contributed by atoms with van der Waals surface area (Å²) in [4.78, 5) is 33.5. The predicted molar refractivity (Wildman–Crippen MR) is 112 cm³/mol. The van der Waals surface area contributed by atoms with E-state index in [0.717, 1.165) is 4.47 Å². The summed E-state index contributed by atoms with van der Waals surface area (Å²) in [5.41, 5.74) is 6.71. The van der Waals surface area contributed by atoms with Gasteiger partial charge in [-0.05, 0) is 43.7 Å². The molecule has 3 rings (SSSR count). The van der Waals surface area contributed by atoms with Crippen LogP contribution in [0.1, 0.15) is 28.0 Å². The van der Waals surface area contributed by atoms with Crippen molar-refractivity contribution in [3.63, 3.8) is 0 Å². The number of nitrogens with zero attached hydrogens (tertiary/aromatic N) is 2. The van der Waals surface area contributed by atoms with Gasteiger partial charge in [0.2, 0.25) is 0 Å². The molecule has 0 radical (unpaired) electrons. The van der Waals surface area contributed by atoms with E-state index in [1.54, 1.807) is 38.1 Å². The van der Waals surface area contributed by atoms with Crippen molar-refractivity contribution in [2.75, 3.05) is 18.9 Å². The highest BCUT2D eigenvalue weighted by Crippen LogP contribution is 2.33. The fourth-order valence-corrected chi connectivity index (χ4v) is 3.90. The van der Waals surface area contributed by atoms with Crippen molar-refractivity contribution in [1.82, 2.24) is 9.97 Å². The number of carbonyl (C=O) groups excluding carboxylic acids is 2. The van der Waals surface area contributed by atoms with Crippen LogP contribution >= 0.6 is 27.3 Å². The van der Waals surface area contributed by atoms with Gasteiger partial charge in [0.05, 0.1) is 12.0 Å². The molecule has 0 amide bonds. The molecule has 2 heterocycles. The molecule has 0 unspecified atom stereocenters. The van der Waals surface area contributed by atoms with Crippen LogP contribution in [-0.2, 0) is 20.9 Å². The van der Waals surface area contributed by atoms with Crippen LogP contribution in [0.25, 0.3) is 10.2 Å². The van der Waals surface area contributed by atoms with Gasteiger partial charge in [-0.2, -0.15) is 0 Å². The second kappa shape index (κ2) is 9.19. The lowest BCUT2D eigenvalue weighted by atomic mass is 10.2. The van der Waals surface area contributed by atoms with E-state index < -0.39 is 11.9 Å². The Morgan fingerprint density at radius 3 is 2.59 bits per heavy atom. The van der Waals surface area contributed by atoms with Crippen molar-refractivity contribution in [2.24, 2.45) is 0 Å². The largest absolute Gasteiger partial charge is 0.482 e. The van der Waals surface area contributed by atoms with E-state index in [2.05, 4.69) is 25.9 Å². The number of aromatic nitrogens is 2. The highest BCUT2D eigenvalue weighted by atomic mass is 79.9. The Morgan fingerprint density at radius 1 is 1.17 bits per heavy atom. The molecule has 8 nitrogen and oxygen atoms in total. The van der Waals surface area contributed by atoms with Gasteiger partial charge < -0.3 is 19.9 Å². The highest BCUT2D eigenvalue weighted by molar-refractivity contribution is 9.10. The molecule has 152 valence electrons. The second-order valence-electron chi connectivity index (χ2n) is 5.89. The van der Waals surface area contributed by atoms with Gasteiger partial charge in [0.1, 0.15) is 21.3 Å². The number of nitrogen functional groups attached to an aromatic ring is 1. The smallest absolute Gasteiger partial charge is 0.348 e. The first kappa shape index (κ1) is 21.0. The molecule has 0 aliphatic rings. The van der Waals surface area contributed by atoms with Crippen molar-refractivity contribution >= 4 is 55.2 Å². The Hall–Kier alpha value is -2.72. The summed E-state index contributed by atoms with van der Waals surface area (Å²) < 4.78 is 16.5. The van der Waals surface area contributed by atoms with Gasteiger partial charge >= 0.3 is 11.9 Å². The molecule has 0 saturated heterocycles. The summed E-state index contributed by atoms with van der Waals surface area (Å²) >= 11 is 4.49. The highest BCUT2D eigenvalue weighted by Gasteiger charge is 2.20.